The van der Waals surface area contributed by atoms with Crippen LogP contribution in [0, 0.1) is 6.92 Å². The van der Waals surface area contributed by atoms with Crippen LogP contribution in [-0.4, -0.2) is 63.8 Å². The van der Waals surface area contributed by atoms with Crippen LogP contribution >= 0.6 is 0 Å². The van der Waals surface area contributed by atoms with Gasteiger partial charge in [-0.3, -0.25) is 4.90 Å². The van der Waals surface area contributed by atoms with E-state index in [4.69, 9.17) is 4.74 Å². The number of amides is 2. The van der Waals surface area contributed by atoms with Gasteiger partial charge in [0.2, 0.25) is 0 Å². The number of carbonyl (C=O) groups is 1. The van der Waals surface area contributed by atoms with Crippen LogP contribution in [0.5, 0.6) is 5.75 Å². The summed E-state index contributed by atoms with van der Waals surface area (Å²) in [5.41, 5.74) is 2.80. The fourth-order valence-corrected chi connectivity index (χ4v) is 4.16. The highest BCUT2D eigenvalue weighted by Gasteiger charge is 2.20. The zero-order chi connectivity index (χ0) is 21.7. The minimum atomic E-state index is -3.18. The molecular formula is C22H29N3O4S. The van der Waals surface area contributed by atoms with Crippen molar-refractivity contribution in [2.24, 2.45) is 0 Å². The summed E-state index contributed by atoms with van der Waals surface area (Å²) in [4.78, 5) is 17.2. The fraction of sp³-hybridized carbons (Fsp3) is 0.409. The van der Waals surface area contributed by atoms with Crippen molar-refractivity contribution >= 4 is 21.6 Å². The SMILES string of the molecule is COc1ccc(NC(=O)N2CCCN(Cc3ccc(S(C)(=O)=O)cc3)CC2)c(C)c1. The molecule has 7 nitrogen and oxygen atoms in total. The summed E-state index contributed by atoms with van der Waals surface area (Å²) in [5, 5.41) is 3.00. The third-order valence-electron chi connectivity index (χ3n) is 5.31. The van der Waals surface area contributed by atoms with E-state index < -0.39 is 9.84 Å². The molecule has 2 aromatic carbocycles. The molecule has 30 heavy (non-hydrogen) atoms. The number of benzene rings is 2. The van der Waals surface area contributed by atoms with E-state index in [0.29, 0.717) is 18.0 Å². The molecule has 0 atom stereocenters. The summed E-state index contributed by atoms with van der Waals surface area (Å²) in [5.74, 6) is 0.764. The third-order valence-corrected chi connectivity index (χ3v) is 6.44. The minimum Gasteiger partial charge on any atom is -0.497 e. The van der Waals surface area contributed by atoms with E-state index in [1.54, 1.807) is 19.2 Å². The lowest BCUT2D eigenvalue weighted by Gasteiger charge is -2.23. The number of nitrogens with one attached hydrogen (secondary N) is 1. The van der Waals surface area contributed by atoms with Crippen molar-refractivity contribution in [1.82, 2.24) is 9.80 Å². The molecule has 0 saturated carbocycles. The molecule has 0 bridgehead atoms. The Kier molecular flexibility index (Phi) is 6.99. The number of hydrogen-bond donors (Lipinski definition) is 1. The average molecular weight is 432 g/mol. The lowest BCUT2D eigenvalue weighted by Crippen LogP contribution is -2.38. The maximum absolute atomic E-state index is 12.7. The molecule has 162 valence electrons. The first-order valence-corrected chi connectivity index (χ1v) is 11.9. The third kappa shape index (κ3) is 5.73. The number of aryl methyl sites for hydroxylation is 1. The molecule has 2 aromatic rings. The van der Waals surface area contributed by atoms with E-state index in [-0.39, 0.29) is 6.03 Å². The zero-order valence-corrected chi connectivity index (χ0v) is 18.5. The molecule has 0 unspecified atom stereocenters. The number of carbonyl (C=O) groups excluding carboxylic acids is 1. The summed E-state index contributed by atoms with van der Waals surface area (Å²) >= 11 is 0. The van der Waals surface area contributed by atoms with E-state index in [9.17, 15) is 13.2 Å². The van der Waals surface area contributed by atoms with Gasteiger partial charge in [0.25, 0.3) is 0 Å². The molecule has 0 radical (unpaired) electrons. The minimum absolute atomic E-state index is 0.0948. The van der Waals surface area contributed by atoms with Gasteiger partial charge in [0.15, 0.2) is 9.84 Å². The number of hydrogen-bond acceptors (Lipinski definition) is 5. The van der Waals surface area contributed by atoms with Crippen LogP contribution in [0.3, 0.4) is 0 Å². The first kappa shape index (κ1) is 22.1. The van der Waals surface area contributed by atoms with Gasteiger partial charge in [0.1, 0.15) is 5.75 Å². The van der Waals surface area contributed by atoms with Gasteiger partial charge in [0, 0.05) is 44.7 Å². The molecule has 0 aromatic heterocycles. The molecule has 0 spiro atoms. The van der Waals surface area contributed by atoms with Gasteiger partial charge in [0.05, 0.1) is 12.0 Å². The zero-order valence-electron chi connectivity index (χ0n) is 17.7. The van der Waals surface area contributed by atoms with E-state index in [1.807, 2.05) is 42.2 Å². The molecule has 1 aliphatic heterocycles. The van der Waals surface area contributed by atoms with E-state index in [1.165, 1.54) is 6.26 Å². The number of ether oxygens (including phenoxy) is 1. The molecule has 0 aliphatic carbocycles. The van der Waals surface area contributed by atoms with Crippen LogP contribution in [0.15, 0.2) is 47.4 Å². The Morgan fingerprint density at radius 2 is 1.80 bits per heavy atom. The topological polar surface area (TPSA) is 79.0 Å². The second-order valence-electron chi connectivity index (χ2n) is 7.64. The maximum Gasteiger partial charge on any atom is 0.321 e. The predicted molar refractivity (Wildman–Crippen MR) is 118 cm³/mol. The summed E-state index contributed by atoms with van der Waals surface area (Å²) in [7, 11) is -1.56. The van der Waals surface area contributed by atoms with Crippen molar-refractivity contribution in [1.29, 1.82) is 0 Å². The van der Waals surface area contributed by atoms with Crippen LogP contribution in [0.4, 0.5) is 10.5 Å². The van der Waals surface area contributed by atoms with E-state index in [0.717, 1.165) is 48.6 Å². The van der Waals surface area contributed by atoms with Crippen molar-refractivity contribution in [3.8, 4) is 5.75 Å². The van der Waals surface area contributed by atoms with Crippen molar-refractivity contribution < 1.29 is 17.9 Å². The summed E-state index contributed by atoms with van der Waals surface area (Å²) < 4.78 is 28.4. The van der Waals surface area contributed by atoms with Crippen LogP contribution < -0.4 is 10.1 Å². The van der Waals surface area contributed by atoms with Crippen molar-refractivity contribution in [2.75, 3.05) is 44.9 Å². The first-order valence-electron chi connectivity index (χ1n) is 9.98. The van der Waals surface area contributed by atoms with Crippen LogP contribution in [0.25, 0.3) is 0 Å². The predicted octanol–water partition coefficient (Wildman–Crippen LogP) is 3.15. The molecular weight excluding hydrogens is 402 g/mol. The van der Waals surface area contributed by atoms with Crippen molar-refractivity contribution in [3.05, 3.63) is 53.6 Å². The van der Waals surface area contributed by atoms with Crippen molar-refractivity contribution in [3.63, 3.8) is 0 Å². The number of nitrogens with zero attached hydrogens (tertiary/aromatic N) is 2. The summed E-state index contributed by atoms with van der Waals surface area (Å²) in [6, 6.07) is 12.5. The second kappa shape index (κ2) is 9.49. The Labute approximate surface area is 178 Å². The monoisotopic (exact) mass is 431 g/mol. The molecule has 1 heterocycles. The van der Waals surface area contributed by atoms with Gasteiger partial charge in [-0.2, -0.15) is 0 Å². The Balaban J connectivity index is 1.56. The molecule has 3 rings (SSSR count). The van der Waals surface area contributed by atoms with Crippen molar-refractivity contribution in [2.45, 2.75) is 24.8 Å². The number of urea groups is 1. The second-order valence-corrected chi connectivity index (χ2v) is 9.66. The number of anilines is 1. The number of rotatable bonds is 5. The van der Waals surface area contributed by atoms with Gasteiger partial charge >= 0.3 is 6.03 Å². The highest BCUT2D eigenvalue weighted by molar-refractivity contribution is 7.90. The Hall–Kier alpha value is -2.58. The standard InChI is InChI=1S/C22H29N3O4S/c1-17-15-19(29-2)7-10-21(17)23-22(26)25-12-4-11-24(13-14-25)16-18-5-8-20(9-6-18)30(3,27)28/h5-10,15H,4,11-14,16H2,1-3H3,(H,23,26). The maximum atomic E-state index is 12.7. The van der Waals surface area contributed by atoms with Gasteiger partial charge < -0.3 is 15.0 Å². The molecule has 8 heteroatoms. The smallest absolute Gasteiger partial charge is 0.321 e. The van der Waals surface area contributed by atoms with Gasteiger partial charge in [-0.05, 0) is 54.8 Å². The Morgan fingerprint density at radius 1 is 1.07 bits per heavy atom. The van der Waals surface area contributed by atoms with E-state index >= 15 is 0 Å². The fourth-order valence-electron chi connectivity index (χ4n) is 3.53. The number of sulfone groups is 1. The highest BCUT2D eigenvalue weighted by Crippen LogP contribution is 2.21. The summed E-state index contributed by atoms with van der Waals surface area (Å²) in [6.45, 7) is 5.67. The molecule has 1 fully saturated rings. The Bertz CT molecular complexity index is 990. The molecule has 1 N–H and O–H groups in total. The average Bonchev–Trinajstić information content (AvgIpc) is 2.95. The van der Waals surface area contributed by atoms with Gasteiger partial charge in [-0.25, -0.2) is 13.2 Å². The van der Waals surface area contributed by atoms with Gasteiger partial charge in [-0.15, -0.1) is 0 Å². The van der Waals surface area contributed by atoms with E-state index in [2.05, 4.69) is 10.2 Å². The molecule has 1 saturated heterocycles. The quantitative estimate of drug-likeness (QED) is 0.787. The lowest BCUT2D eigenvalue weighted by atomic mass is 10.2. The summed E-state index contributed by atoms with van der Waals surface area (Å²) in [6.07, 6.45) is 2.10. The number of methoxy groups -OCH3 is 1. The normalized spacial score (nSPS) is 15.5. The molecule has 1 aliphatic rings. The van der Waals surface area contributed by atoms with Crippen LogP contribution in [0.2, 0.25) is 0 Å². The van der Waals surface area contributed by atoms with Crippen LogP contribution in [-0.2, 0) is 16.4 Å². The first-order chi connectivity index (χ1) is 14.3. The largest absolute Gasteiger partial charge is 0.497 e. The van der Waals surface area contributed by atoms with Gasteiger partial charge in [-0.1, -0.05) is 12.1 Å². The lowest BCUT2D eigenvalue weighted by molar-refractivity contribution is 0.211. The van der Waals surface area contributed by atoms with Crippen LogP contribution in [0.1, 0.15) is 17.5 Å². The highest BCUT2D eigenvalue weighted by atomic mass is 32.2. The Morgan fingerprint density at radius 3 is 2.43 bits per heavy atom. The molecule has 2 amide bonds.